The highest BCUT2D eigenvalue weighted by Crippen LogP contribution is 2.35. The predicted molar refractivity (Wildman–Crippen MR) is 151 cm³/mol. The van der Waals surface area contributed by atoms with Crippen LogP contribution in [0.4, 0.5) is 10.5 Å². The molecule has 0 aliphatic carbocycles. The topological polar surface area (TPSA) is 84.9 Å². The Morgan fingerprint density at radius 3 is 2.47 bits per heavy atom. The Bertz CT molecular complexity index is 1470. The van der Waals surface area contributed by atoms with Crippen LogP contribution in [0.25, 0.3) is 6.08 Å². The maximum atomic E-state index is 13.3. The summed E-state index contributed by atoms with van der Waals surface area (Å²) in [4.78, 5) is 39.4. The predicted octanol–water partition coefficient (Wildman–Crippen LogP) is 6.39. The van der Waals surface area contributed by atoms with E-state index in [0.717, 1.165) is 26.1 Å². The molecule has 194 valence electrons. The number of anilines is 1. The fourth-order valence-corrected chi connectivity index (χ4v) is 4.34. The Kier molecular flexibility index (Phi) is 8.34. The first kappa shape index (κ1) is 27.2. The number of amides is 4. The minimum atomic E-state index is -0.848. The van der Waals surface area contributed by atoms with E-state index in [1.54, 1.807) is 37.3 Å². The number of hydrogen-bond donors (Lipinski definition) is 1. The van der Waals surface area contributed by atoms with E-state index in [0.29, 0.717) is 35.1 Å². The number of methoxy groups -OCH3 is 1. The summed E-state index contributed by atoms with van der Waals surface area (Å²) in [5, 5.41) is 2.62. The van der Waals surface area contributed by atoms with Crippen LogP contribution >= 0.6 is 27.5 Å². The van der Waals surface area contributed by atoms with Gasteiger partial charge in [-0.2, -0.15) is 0 Å². The van der Waals surface area contributed by atoms with Crippen molar-refractivity contribution in [3.63, 3.8) is 0 Å². The third kappa shape index (κ3) is 5.82. The van der Waals surface area contributed by atoms with Gasteiger partial charge in [0, 0.05) is 15.1 Å². The number of urea groups is 1. The summed E-state index contributed by atoms with van der Waals surface area (Å²) < 4.78 is 12.7. The second-order valence-electron chi connectivity index (χ2n) is 8.51. The van der Waals surface area contributed by atoms with Gasteiger partial charge in [0.1, 0.15) is 12.2 Å². The smallest absolute Gasteiger partial charge is 0.335 e. The van der Waals surface area contributed by atoms with Crippen LogP contribution in [0.3, 0.4) is 0 Å². The van der Waals surface area contributed by atoms with E-state index in [2.05, 4.69) is 27.8 Å². The fraction of sp³-hybridized carbons (Fsp3) is 0.138. The standard InChI is InChI=1S/C29H24BrClN2O5/c1-4-5-20-12-19(14-25(37-3)26(20)38-16-18-7-9-21(30)10-8-18)13-23-27(34)32-29(36)33(28(23)35)22-11-6-17(2)24(31)15-22/h4,6-15H,1,5,16H2,2-3H3,(H,32,34,36)/b23-13-. The molecular formula is C29H24BrClN2O5. The van der Waals surface area contributed by atoms with Crippen molar-refractivity contribution in [1.29, 1.82) is 0 Å². The van der Waals surface area contributed by atoms with Gasteiger partial charge in [0.25, 0.3) is 11.8 Å². The molecule has 0 aromatic heterocycles. The first-order chi connectivity index (χ1) is 18.2. The molecule has 0 bridgehead atoms. The highest BCUT2D eigenvalue weighted by molar-refractivity contribution is 9.10. The Labute approximate surface area is 233 Å². The quantitative estimate of drug-likeness (QED) is 0.185. The number of aryl methyl sites for hydroxylation is 1. The lowest BCUT2D eigenvalue weighted by Gasteiger charge is -2.26. The molecule has 4 rings (SSSR count). The molecule has 0 atom stereocenters. The van der Waals surface area contributed by atoms with Gasteiger partial charge >= 0.3 is 6.03 Å². The van der Waals surface area contributed by atoms with Crippen LogP contribution in [-0.4, -0.2) is 25.0 Å². The van der Waals surface area contributed by atoms with Crippen LogP contribution in [0.1, 0.15) is 22.3 Å². The number of nitrogens with zero attached hydrogens (tertiary/aromatic N) is 1. The van der Waals surface area contributed by atoms with Crippen LogP contribution < -0.4 is 19.7 Å². The van der Waals surface area contributed by atoms with Crippen LogP contribution in [0, 0.1) is 6.92 Å². The molecular weight excluding hydrogens is 572 g/mol. The average Bonchev–Trinajstić information content (AvgIpc) is 2.88. The van der Waals surface area contributed by atoms with Crippen LogP contribution in [0.15, 0.2) is 77.3 Å². The number of carbonyl (C=O) groups excluding carboxylic acids is 3. The summed E-state index contributed by atoms with van der Waals surface area (Å²) in [6, 6.07) is 15.2. The number of carbonyl (C=O) groups is 3. The summed E-state index contributed by atoms with van der Waals surface area (Å²) in [6.07, 6.45) is 3.59. The molecule has 1 aliphatic rings. The molecule has 3 aromatic rings. The van der Waals surface area contributed by atoms with Gasteiger partial charge in [-0.1, -0.05) is 51.8 Å². The van der Waals surface area contributed by atoms with Crippen LogP contribution in [0.2, 0.25) is 5.02 Å². The van der Waals surface area contributed by atoms with E-state index in [1.165, 1.54) is 19.3 Å². The number of nitrogens with one attached hydrogen (secondary N) is 1. The minimum Gasteiger partial charge on any atom is -0.493 e. The van der Waals surface area contributed by atoms with Crippen LogP contribution in [0.5, 0.6) is 11.5 Å². The molecule has 0 saturated carbocycles. The maximum absolute atomic E-state index is 13.3. The molecule has 0 unspecified atom stereocenters. The Morgan fingerprint density at radius 2 is 1.82 bits per heavy atom. The van der Waals surface area contributed by atoms with E-state index in [-0.39, 0.29) is 11.3 Å². The van der Waals surface area contributed by atoms with Gasteiger partial charge in [0.2, 0.25) is 0 Å². The molecule has 1 saturated heterocycles. The highest BCUT2D eigenvalue weighted by Gasteiger charge is 2.37. The van der Waals surface area contributed by atoms with Gasteiger partial charge in [0.05, 0.1) is 12.8 Å². The van der Waals surface area contributed by atoms with E-state index in [1.807, 2.05) is 24.3 Å². The molecule has 1 aliphatic heterocycles. The SMILES string of the molecule is C=CCc1cc(/C=C2/C(=O)NC(=O)N(c3ccc(C)c(Cl)c3)C2=O)cc(OC)c1OCc1ccc(Br)cc1. The maximum Gasteiger partial charge on any atom is 0.335 e. The van der Waals surface area contributed by atoms with Crippen molar-refractivity contribution in [1.82, 2.24) is 5.32 Å². The molecule has 0 radical (unpaired) electrons. The number of imide groups is 2. The van der Waals surface area contributed by atoms with Gasteiger partial charge < -0.3 is 9.47 Å². The number of barbiturate groups is 1. The Balaban J connectivity index is 1.70. The second-order valence-corrected chi connectivity index (χ2v) is 9.83. The largest absolute Gasteiger partial charge is 0.493 e. The molecule has 38 heavy (non-hydrogen) atoms. The van der Waals surface area contributed by atoms with E-state index >= 15 is 0 Å². The lowest BCUT2D eigenvalue weighted by molar-refractivity contribution is -0.122. The summed E-state index contributed by atoms with van der Waals surface area (Å²) in [5.41, 5.74) is 3.07. The molecule has 0 spiro atoms. The van der Waals surface area contributed by atoms with Crippen molar-refractivity contribution in [3.8, 4) is 11.5 Å². The second kappa shape index (κ2) is 11.7. The summed E-state index contributed by atoms with van der Waals surface area (Å²) in [6.45, 7) is 5.94. The lowest BCUT2D eigenvalue weighted by Crippen LogP contribution is -2.54. The molecule has 1 heterocycles. The molecule has 9 heteroatoms. The third-order valence-electron chi connectivity index (χ3n) is 5.86. The van der Waals surface area contributed by atoms with Crippen molar-refractivity contribution in [2.45, 2.75) is 20.0 Å². The van der Waals surface area contributed by atoms with E-state index in [9.17, 15) is 14.4 Å². The first-order valence-corrected chi connectivity index (χ1v) is 12.8. The fourth-order valence-electron chi connectivity index (χ4n) is 3.91. The molecule has 1 fully saturated rings. The first-order valence-electron chi connectivity index (χ1n) is 11.6. The molecule has 1 N–H and O–H groups in total. The zero-order valence-corrected chi connectivity index (χ0v) is 23.1. The summed E-state index contributed by atoms with van der Waals surface area (Å²) in [7, 11) is 1.51. The number of benzene rings is 3. The van der Waals surface area contributed by atoms with Crippen molar-refractivity contribution >= 4 is 57.1 Å². The number of hydrogen-bond acceptors (Lipinski definition) is 5. The minimum absolute atomic E-state index is 0.212. The van der Waals surface area contributed by atoms with Crippen LogP contribution in [-0.2, 0) is 22.6 Å². The van der Waals surface area contributed by atoms with Crippen molar-refractivity contribution in [2.75, 3.05) is 12.0 Å². The normalized spacial score (nSPS) is 14.5. The summed E-state index contributed by atoms with van der Waals surface area (Å²) >= 11 is 9.63. The number of allylic oxidation sites excluding steroid dienone is 1. The number of rotatable bonds is 8. The van der Waals surface area contributed by atoms with Crippen molar-refractivity contribution in [3.05, 3.63) is 105 Å². The van der Waals surface area contributed by atoms with Gasteiger partial charge in [-0.25, -0.2) is 9.69 Å². The Hall–Kier alpha value is -3.88. The third-order valence-corrected chi connectivity index (χ3v) is 6.80. The van der Waals surface area contributed by atoms with E-state index < -0.39 is 17.8 Å². The molecule has 3 aromatic carbocycles. The average molecular weight is 596 g/mol. The van der Waals surface area contributed by atoms with Crippen molar-refractivity contribution < 1.29 is 23.9 Å². The van der Waals surface area contributed by atoms with Crippen molar-refractivity contribution in [2.24, 2.45) is 0 Å². The molecule has 7 nitrogen and oxygen atoms in total. The number of halogens is 2. The Morgan fingerprint density at radius 1 is 1.08 bits per heavy atom. The van der Waals surface area contributed by atoms with Gasteiger partial charge in [0.15, 0.2) is 11.5 Å². The number of ether oxygens (including phenoxy) is 2. The van der Waals surface area contributed by atoms with Gasteiger partial charge in [-0.05, 0) is 72.5 Å². The monoisotopic (exact) mass is 594 g/mol. The van der Waals surface area contributed by atoms with Gasteiger partial charge in [-0.3, -0.25) is 14.9 Å². The lowest BCUT2D eigenvalue weighted by atomic mass is 10.0. The van der Waals surface area contributed by atoms with Gasteiger partial charge in [-0.15, -0.1) is 6.58 Å². The van der Waals surface area contributed by atoms with E-state index in [4.69, 9.17) is 21.1 Å². The highest BCUT2D eigenvalue weighted by atomic mass is 79.9. The summed E-state index contributed by atoms with van der Waals surface area (Å²) in [5.74, 6) is -0.606. The molecule has 4 amide bonds. The zero-order chi connectivity index (χ0) is 27.4. The zero-order valence-electron chi connectivity index (χ0n) is 20.7.